The van der Waals surface area contributed by atoms with E-state index in [9.17, 15) is 17.6 Å². The van der Waals surface area contributed by atoms with Gasteiger partial charge in [0.25, 0.3) is 0 Å². The quantitative estimate of drug-likeness (QED) is 0.356. The van der Waals surface area contributed by atoms with E-state index in [2.05, 4.69) is 30.9 Å². The molecule has 2 aromatic carbocycles. The van der Waals surface area contributed by atoms with Crippen molar-refractivity contribution in [1.29, 1.82) is 0 Å². The highest BCUT2D eigenvalue weighted by Crippen LogP contribution is 2.46. The maximum atomic E-state index is 13.7. The third-order valence-corrected chi connectivity index (χ3v) is 6.98. The average molecular weight is 445 g/mol. The van der Waals surface area contributed by atoms with E-state index in [1.807, 2.05) is 12.1 Å². The van der Waals surface area contributed by atoms with Crippen LogP contribution in [0.5, 0.6) is 0 Å². The van der Waals surface area contributed by atoms with Crippen molar-refractivity contribution >= 4 is 0 Å². The Hall–Kier alpha value is -2.32. The smallest absolute Gasteiger partial charge is 0.378 e. The summed E-state index contributed by atoms with van der Waals surface area (Å²) in [5.74, 6) is 6.51. The second-order valence-corrected chi connectivity index (χ2v) is 8.98. The Balaban J connectivity index is 1.38. The van der Waals surface area contributed by atoms with Gasteiger partial charge in [-0.1, -0.05) is 24.0 Å². The molecule has 0 heterocycles. The predicted octanol–water partition coefficient (Wildman–Crippen LogP) is 7.33. The summed E-state index contributed by atoms with van der Waals surface area (Å²) in [6, 6.07) is 10.9. The zero-order valence-electron chi connectivity index (χ0n) is 18.2. The molecular formula is C27H28F4O. The largest absolute Gasteiger partial charge is 0.419 e. The minimum atomic E-state index is -4.70. The molecule has 2 aromatic rings. The third kappa shape index (κ3) is 5.35. The normalized spacial score (nSPS) is 25.5. The molecule has 1 nitrogen and oxygen atoms in total. The number of benzene rings is 2. The highest BCUT2D eigenvalue weighted by Gasteiger charge is 2.36. The fraction of sp³-hybridized carbons (Fsp3) is 0.481. The number of fused-ring (bicyclic) bond motifs is 1. The van der Waals surface area contributed by atoms with Crippen LogP contribution in [-0.4, -0.2) is 12.7 Å². The fourth-order valence-electron chi connectivity index (χ4n) is 5.34. The molecule has 0 aliphatic heterocycles. The maximum absolute atomic E-state index is 13.7. The standard InChI is InChI=1S/C27H28F4O/c1-2-32-24-13-12-22-16-21(10-11-23(22)17-24)20-8-5-18(6-9-20)3-4-19-7-14-25(26(28)15-19)27(29,30)31/h5-9,14-15,21-24H,2,10-13,16-17H2,1H3. The summed E-state index contributed by atoms with van der Waals surface area (Å²) in [5, 5.41) is 0. The molecule has 2 aliphatic rings. The number of hydrogen-bond acceptors (Lipinski definition) is 1. The van der Waals surface area contributed by atoms with Crippen molar-refractivity contribution in [3.8, 4) is 11.8 Å². The van der Waals surface area contributed by atoms with Gasteiger partial charge in [-0.15, -0.1) is 0 Å². The molecule has 4 unspecified atom stereocenters. The zero-order valence-corrected chi connectivity index (χ0v) is 18.2. The molecule has 5 heteroatoms. The molecule has 0 N–H and O–H groups in total. The van der Waals surface area contributed by atoms with E-state index in [1.165, 1.54) is 50.2 Å². The molecule has 170 valence electrons. The van der Waals surface area contributed by atoms with E-state index < -0.39 is 17.6 Å². The van der Waals surface area contributed by atoms with Crippen LogP contribution in [0, 0.1) is 29.5 Å². The third-order valence-electron chi connectivity index (χ3n) is 6.98. The van der Waals surface area contributed by atoms with Gasteiger partial charge in [-0.2, -0.15) is 13.2 Å². The molecule has 4 atom stereocenters. The average Bonchev–Trinajstić information content (AvgIpc) is 2.77. The molecule has 2 saturated carbocycles. The maximum Gasteiger partial charge on any atom is 0.419 e. The van der Waals surface area contributed by atoms with Crippen molar-refractivity contribution in [2.75, 3.05) is 6.61 Å². The van der Waals surface area contributed by atoms with Gasteiger partial charge in [-0.05, 0) is 99.1 Å². The van der Waals surface area contributed by atoms with E-state index in [-0.39, 0.29) is 5.56 Å². The highest BCUT2D eigenvalue weighted by atomic mass is 19.4. The summed E-state index contributed by atoms with van der Waals surface area (Å²) >= 11 is 0. The Labute approximate surface area is 187 Å². The second kappa shape index (κ2) is 9.67. The van der Waals surface area contributed by atoms with Gasteiger partial charge in [-0.3, -0.25) is 0 Å². The summed E-state index contributed by atoms with van der Waals surface area (Å²) in [7, 11) is 0. The number of hydrogen-bond donors (Lipinski definition) is 0. The molecule has 2 fully saturated rings. The first kappa shape index (κ1) is 22.9. The summed E-state index contributed by atoms with van der Waals surface area (Å²) in [5.41, 5.74) is 1.04. The van der Waals surface area contributed by atoms with Gasteiger partial charge in [0.1, 0.15) is 5.82 Å². The first-order valence-electron chi connectivity index (χ1n) is 11.4. The van der Waals surface area contributed by atoms with Crippen molar-refractivity contribution < 1.29 is 22.3 Å². The van der Waals surface area contributed by atoms with E-state index in [0.29, 0.717) is 12.0 Å². The van der Waals surface area contributed by atoms with Gasteiger partial charge in [0.2, 0.25) is 0 Å². The van der Waals surface area contributed by atoms with E-state index in [1.54, 1.807) is 0 Å². The summed E-state index contributed by atoms with van der Waals surface area (Å²) in [4.78, 5) is 0. The van der Waals surface area contributed by atoms with Crippen LogP contribution in [0.3, 0.4) is 0 Å². The molecule has 0 amide bonds. The van der Waals surface area contributed by atoms with Crippen molar-refractivity contribution in [3.05, 3.63) is 70.5 Å². The number of halogens is 4. The molecule has 4 rings (SSSR count). The SMILES string of the molecule is CCOC1CCC2CC(c3ccc(C#Cc4ccc(C(F)(F)F)c(F)c4)cc3)CCC2C1. The zero-order chi connectivity index (χ0) is 22.7. The highest BCUT2D eigenvalue weighted by molar-refractivity contribution is 5.45. The molecule has 0 saturated heterocycles. The summed E-state index contributed by atoms with van der Waals surface area (Å²) in [6.07, 6.45) is 3.02. The lowest BCUT2D eigenvalue weighted by molar-refractivity contribution is -0.140. The Kier molecular flexibility index (Phi) is 6.90. The van der Waals surface area contributed by atoms with Gasteiger partial charge in [0.15, 0.2) is 0 Å². The first-order chi connectivity index (χ1) is 15.3. The van der Waals surface area contributed by atoms with E-state index >= 15 is 0 Å². The summed E-state index contributed by atoms with van der Waals surface area (Å²) < 4.78 is 57.6. The Morgan fingerprint density at radius 3 is 2.22 bits per heavy atom. The molecule has 0 spiro atoms. The van der Waals surface area contributed by atoms with E-state index in [0.717, 1.165) is 36.1 Å². The van der Waals surface area contributed by atoms with Crippen LogP contribution in [-0.2, 0) is 10.9 Å². The van der Waals surface area contributed by atoms with Crippen LogP contribution in [0.4, 0.5) is 17.6 Å². The van der Waals surface area contributed by atoms with Crippen molar-refractivity contribution in [1.82, 2.24) is 0 Å². The van der Waals surface area contributed by atoms with Crippen LogP contribution in [0.25, 0.3) is 0 Å². The van der Waals surface area contributed by atoms with Crippen LogP contribution < -0.4 is 0 Å². The Bertz CT molecular complexity index is 983. The van der Waals surface area contributed by atoms with E-state index in [4.69, 9.17) is 4.74 Å². The first-order valence-corrected chi connectivity index (χ1v) is 11.4. The minimum absolute atomic E-state index is 0.223. The van der Waals surface area contributed by atoms with Crippen molar-refractivity contribution in [3.63, 3.8) is 0 Å². The number of alkyl halides is 3. The van der Waals surface area contributed by atoms with Crippen LogP contribution in [0.1, 0.15) is 73.6 Å². The van der Waals surface area contributed by atoms with Gasteiger partial charge >= 0.3 is 6.18 Å². The monoisotopic (exact) mass is 444 g/mol. The molecule has 2 aliphatic carbocycles. The summed E-state index contributed by atoms with van der Waals surface area (Å²) in [6.45, 7) is 2.87. The number of ether oxygens (including phenoxy) is 1. The lowest BCUT2D eigenvalue weighted by Gasteiger charge is -2.42. The lowest BCUT2D eigenvalue weighted by Crippen LogP contribution is -2.33. The number of rotatable bonds is 3. The van der Waals surface area contributed by atoms with Gasteiger partial charge in [-0.25, -0.2) is 4.39 Å². The van der Waals surface area contributed by atoms with Crippen molar-refractivity contribution in [2.45, 2.75) is 63.6 Å². The Morgan fingerprint density at radius 1 is 0.875 bits per heavy atom. The van der Waals surface area contributed by atoms with Gasteiger partial charge < -0.3 is 4.74 Å². The van der Waals surface area contributed by atoms with Crippen LogP contribution in [0.2, 0.25) is 0 Å². The topological polar surface area (TPSA) is 9.23 Å². The minimum Gasteiger partial charge on any atom is -0.378 e. The van der Waals surface area contributed by atoms with Gasteiger partial charge in [0, 0.05) is 17.7 Å². The Morgan fingerprint density at radius 2 is 1.53 bits per heavy atom. The molecular weight excluding hydrogens is 416 g/mol. The fourth-order valence-corrected chi connectivity index (χ4v) is 5.34. The van der Waals surface area contributed by atoms with Crippen molar-refractivity contribution in [2.24, 2.45) is 11.8 Å². The lowest BCUT2D eigenvalue weighted by atomic mass is 9.65. The molecule has 0 radical (unpaired) electrons. The molecule has 0 bridgehead atoms. The second-order valence-electron chi connectivity index (χ2n) is 8.98. The van der Waals surface area contributed by atoms with Crippen LogP contribution >= 0.6 is 0 Å². The van der Waals surface area contributed by atoms with Crippen LogP contribution in [0.15, 0.2) is 42.5 Å². The molecule has 0 aromatic heterocycles. The predicted molar refractivity (Wildman–Crippen MR) is 117 cm³/mol. The molecule has 32 heavy (non-hydrogen) atoms. The van der Waals surface area contributed by atoms with Gasteiger partial charge in [0.05, 0.1) is 11.7 Å².